The van der Waals surface area contributed by atoms with E-state index in [4.69, 9.17) is 9.47 Å². The highest BCUT2D eigenvalue weighted by molar-refractivity contribution is 5.70. The van der Waals surface area contributed by atoms with Crippen molar-refractivity contribution in [3.05, 3.63) is 0 Å². The van der Waals surface area contributed by atoms with Gasteiger partial charge < -0.3 is 14.8 Å². The van der Waals surface area contributed by atoms with Crippen LogP contribution < -0.4 is 5.32 Å². The van der Waals surface area contributed by atoms with E-state index in [1.165, 1.54) is 0 Å². The van der Waals surface area contributed by atoms with Crippen LogP contribution in [0.2, 0.25) is 0 Å². The average Bonchev–Trinajstić information content (AvgIpc) is 2.63. The second-order valence-electron chi connectivity index (χ2n) is 5.27. The summed E-state index contributed by atoms with van der Waals surface area (Å²) in [6.07, 6.45) is 2.48. The highest BCUT2D eigenvalue weighted by atomic mass is 16.6. The Hall–Kier alpha value is -0.610. The molecule has 4 nitrogen and oxygen atoms in total. The molecule has 0 aromatic carbocycles. The predicted octanol–water partition coefficient (Wildman–Crippen LogP) is 1.49. The molecular weight excluding hydrogens is 206 g/mol. The number of carbonyl (C=O) groups excluding carboxylic acids is 1. The second-order valence-corrected chi connectivity index (χ2v) is 5.27. The number of ether oxygens (including phenoxy) is 2. The van der Waals surface area contributed by atoms with Crippen molar-refractivity contribution in [2.45, 2.75) is 57.8 Å². The van der Waals surface area contributed by atoms with Crippen LogP contribution in [-0.2, 0) is 14.3 Å². The average molecular weight is 229 g/mol. The van der Waals surface area contributed by atoms with Crippen LogP contribution in [-0.4, -0.2) is 37.4 Å². The zero-order chi connectivity index (χ0) is 12.2. The molecule has 0 amide bonds. The molecule has 1 aliphatic heterocycles. The Bertz CT molecular complexity index is 229. The van der Waals surface area contributed by atoms with Crippen LogP contribution in [0.3, 0.4) is 0 Å². The minimum absolute atomic E-state index is 0.0719. The van der Waals surface area contributed by atoms with Gasteiger partial charge in [0.25, 0.3) is 0 Å². The van der Waals surface area contributed by atoms with E-state index in [9.17, 15) is 4.79 Å². The van der Waals surface area contributed by atoms with Crippen LogP contribution in [0.25, 0.3) is 0 Å². The largest absolute Gasteiger partial charge is 0.460 e. The summed E-state index contributed by atoms with van der Waals surface area (Å²) in [5.74, 6) is -0.187. The van der Waals surface area contributed by atoms with Gasteiger partial charge in [0, 0.05) is 13.2 Å². The summed E-state index contributed by atoms with van der Waals surface area (Å²) < 4.78 is 10.6. The lowest BCUT2D eigenvalue weighted by Crippen LogP contribution is -2.39. The third-order valence-electron chi connectivity index (χ3n) is 2.64. The van der Waals surface area contributed by atoms with E-state index in [0.717, 1.165) is 19.4 Å². The fourth-order valence-corrected chi connectivity index (χ4v) is 1.97. The van der Waals surface area contributed by atoms with Gasteiger partial charge in [0.1, 0.15) is 5.60 Å². The molecule has 1 saturated heterocycles. The molecule has 0 radical (unpaired) electrons. The zero-order valence-corrected chi connectivity index (χ0v) is 10.7. The van der Waals surface area contributed by atoms with Crippen molar-refractivity contribution >= 4 is 5.97 Å². The van der Waals surface area contributed by atoms with E-state index in [2.05, 4.69) is 5.32 Å². The highest BCUT2D eigenvalue weighted by Crippen LogP contribution is 2.17. The molecule has 1 fully saturated rings. The highest BCUT2D eigenvalue weighted by Gasteiger charge is 2.28. The predicted molar refractivity (Wildman–Crippen MR) is 62.3 cm³/mol. The molecule has 0 aromatic rings. The van der Waals surface area contributed by atoms with Gasteiger partial charge in [-0.3, -0.25) is 4.79 Å². The van der Waals surface area contributed by atoms with E-state index < -0.39 is 5.60 Å². The molecule has 4 heteroatoms. The molecule has 1 unspecified atom stereocenters. The smallest absolute Gasteiger partial charge is 0.309 e. The first-order chi connectivity index (χ1) is 7.42. The summed E-state index contributed by atoms with van der Waals surface area (Å²) in [7, 11) is 1.65. The monoisotopic (exact) mass is 229 g/mol. The standard InChI is InChI=1S/C12H23NO3/c1-12(2,3)16-11(14)8-10(15-4)9-6-5-7-13-9/h9-10,13H,5-8H2,1-4H3/t9?,10-/m0/s1. The quantitative estimate of drug-likeness (QED) is 0.742. The van der Waals surface area contributed by atoms with Gasteiger partial charge in [-0.25, -0.2) is 0 Å². The minimum atomic E-state index is -0.418. The van der Waals surface area contributed by atoms with Crippen molar-refractivity contribution in [3.63, 3.8) is 0 Å². The normalized spacial score (nSPS) is 23.1. The van der Waals surface area contributed by atoms with E-state index in [-0.39, 0.29) is 18.1 Å². The molecular formula is C12H23NO3. The third kappa shape index (κ3) is 4.49. The fraction of sp³-hybridized carbons (Fsp3) is 0.917. The van der Waals surface area contributed by atoms with Crippen molar-refractivity contribution in [1.82, 2.24) is 5.32 Å². The van der Waals surface area contributed by atoms with Crippen molar-refractivity contribution in [3.8, 4) is 0 Å². The molecule has 94 valence electrons. The van der Waals surface area contributed by atoms with Gasteiger partial charge in [-0.2, -0.15) is 0 Å². The molecule has 0 bridgehead atoms. The van der Waals surface area contributed by atoms with Crippen LogP contribution >= 0.6 is 0 Å². The molecule has 1 heterocycles. The molecule has 0 aliphatic carbocycles. The number of esters is 1. The number of nitrogens with one attached hydrogen (secondary N) is 1. The van der Waals surface area contributed by atoms with Crippen molar-refractivity contribution in [1.29, 1.82) is 0 Å². The number of carbonyl (C=O) groups is 1. The van der Waals surface area contributed by atoms with Crippen LogP contribution in [0.15, 0.2) is 0 Å². The van der Waals surface area contributed by atoms with Crippen LogP contribution in [0.1, 0.15) is 40.0 Å². The molecule has 16 heavy (non-hydrogen) atoms. The first-order valence-corrected chi connectivity index (χ1v) is 5.90. The minimum Gasteiger partial charge on any atom is -0.460 e. The summed E-state index contributed by atoms with van der Waals surface area (Å²) in [4.78, 5) is 11.7. The van der Waals surface area contributed by atoms with Crippen molar-refractivity contribution in [2.24, 2.45) is 0 Å². The lowest BCUT2D eigenvalue weighted by molar-refractivity contribution is -0.158. The fourth-order valence-electron chi connectivity index (χ4n) is 1.97. The SMILES string of the molecule is CO[C@@H](CC(=O)OC(C)(C)C)C1CCCN1. The summed E-state index contributed by atoms with van der Waals surface area (Å²) >= 11 is 0. The Kier molecular flexibility index (Phi) is 4.74. The zero-order valence-electron chi connectivity index (χ0n) is 10.7. The van der Waals surface area contributed by atoms with E-state index in [0.29, 0.717) is 6.42 Å². The van der Waals surface area contributed by atoms with Gasteiger partial charge in [-0.15, -0.1) is 0 Å². The Morgan fingerprint density at radius 1 is 1.50 bits per heavy atom. The first-order valence-electron chi connectivity index (χ1n) is 5.90. The Morgan fingerprint density at radius 3 is 2.62 bits per heavy atom. The Balaban J connectivity index is 2.40. The molecule has 0 saturated carbocycles. The van der Waals surface area contributed by atoms with Gasteiger partial charge in [0.15, 0.2) is 0 Å². The summed E-state index contributed by atoms with van der Waals surface area (Å²) in [6, 6.07) is 0.289. The van der Waals surface area contributed by atoms with Gasteiger partial charge >= 0.3 is 5.97 Å². The van der Waals surface area contributed by atoms with E-state index >= 15 is 0 Å². The lowest BCUT2D eigenvalue weighted by atomic mass is 10.1. The van der Waals surface area contributed by atoms with Crippen LogP contribution in [0.5, 0.6) is 0 Å². The number of hydrogen-bond acceptors (Lipinski definition) is 4. The number of hydrogen-bond donors (Lipinski definition) is 1. The maximum Gasteiger partial charge on any atom is 0.309 e. The maximum atomic E-state index is 11.7. The van der Waals surface area contributed by atoms with E-state index in [1.807, 2.05) is 20.8 Å². The first kappa shape index (κ1) is 13.5. The van der Waals surface area contributed by atoms with Crippen LogP contribution in [0.4, 0.5) is 0 Å². The van der Waals surface area contributed by atoms with Gasteiger partial charge in [-0.1, -0.05) is 0 Å². The third-order valence-corrected chi connectivity index (χ3v) is 2.64. The second kappa shape index (κ2) is 5.64. The van der Waals surface area contributed by atoms with E-state index in [1.54, 1.807) is 7.11 Å². The molecule has 1 rings (SSSR count). The topological polar surface area (TPSA) is 47.6 Å². The molecule has 0 aromatic heterocycles. The number of methoxy groups -OCH3 is 1. The van der Waals surface area contributed by atoms with Gasteiger partial charge in [0.2, 0.25) is 0 Å². The lowest BCUT2D eigenvalue weighted by Gasteiger charge is -2.24. The Morgan fingerprint density at radius 2 is 2.19 bits per heavy atom. The molecule has 1 N–H and O–H groups in total. The summed E-state index contributed by atoms with van der Waals surface area (Å²) in [6.45, 7) is 6.64. The summed E-state index contributed by atoms with van der Waals surface area (Å²) in [5, 5.41) is 3.34. The maximum absolute atomic E-state index is 11.7. The summed E-state index contributed by atoms with van der Waals surface area (Å²) in [5.41, 5.74) is -0.418. The molecule has 2 atom stereocenters. The van der Waals surface area contributed by atoms with Crippen molar-refractivity contribution in [2.75, 3.05) is 13.7 Å². The van der Waals surface area contributed by atoms with Gasteiger partial charge in [0.05, 0.1) is 12.5 Å². The van der Waals surface area contributed by atoms with Crippen molar-refractivity contribution < 1.29 is 14.3 Å². The molecule has 1 aliphatic rings. The Labute approximate surface area is 97.7 Å². The number of rotatable bonds is 4. The van der Waals surface area contributed by atoms with Gasteiger partial charge in [-0.05, 0) is 40.2 Å². The van der Waals surface area contributed by atoms with Crippen LogP contribution in [0, 0.1) is 0 Å². The molecule has 0 spiro atoms.